The molecule has 168 valence electrons. The Morgan fingerprint density at radius 3 is 2.12 bits per heavy atom. The number of anilines is 2. The van der Waals surface area contributed by atoms with Crippen LogP contribution in [0.1, 0.15) is 24.5 Å². The number of carbonyl (C=O) groups is 1. The smallest absolute Gasteiger partial charge is 0.248 e. The number of amides is 1. The summed E-state index contributed by atoms with van der Waals surface area (Å²) in [6, 6.07) is 20.9. The van der Waals surface area contributed by atoms with Crippen LogP contribution < -0.4 is 14.4 Å². The third kappa shape index (κ3) is 5.68. The normalized spacial score (nSPS) is 12.1. The maximum atomic E-state index is 13.1. The molecule has 0 radical (unpaired) electrons. The molecular formula is C25H28N2O4S. The Labute approximate surface area is 189 Å². The van der Waals surface area contributed by atoms with Crippen LogP contribution >= 0.6 is 0 Å². The molecule has 0 unspecified atom stereocenters. The molecule has 1 amide bonds. The van der Waals surface area contributed by atoms with E-state index in [4.69, 9.17) is 4.74 Å². The first kappa shape index (κ1) is 23.3. The number of benzene rings is 3. The molecule has 0 aliphatic rings. The second kappa shape index (κ2) is 9.87. The second-order valence-electron chi connectivity index (χ2n) is 7.68. The van der Waals surface area contributed by atoms with E-state index in [1.54, 1.807) is 43.3 Å². The van der Waals surface area contributed by atoms with Crippen LogP contribution in [0, 0.1) is 13.8 Å². The van der Waals surface area contributed by atoms with Crippen molar-refractivity contribution in [1.82, 2.24) is 0 Å². The minimum absolute atomic E-state index is 0.320. The number of aryl methyl sites for hydroxylation is 2. The van der Waals surface area contributed by atoms with Crippen molar-refractivity contribution in [3.8, 4) is 11.5 Å². The topological polar surface area (TPSA) is 75.7 Å². The van der Waals surface area contributed by atoms with Gasteiger partial charge in [-0.3, -0.25) is 9.10 Å². The standard InChI is InChI=1S/C25H28N2O4S/c1-5-24(27(32(4,29)30)21-14-11-18(2)19(3)17-21)25(28)26-20-12-15-23(16-13-20)31-22-9-7-6-8-10-22/h6-17,24H,5H2,1-4H3,(H,26,28)/t24-/m0/s1. The molecule has 0 aliphatic heterocycles. The van der Waals surface area contributed by atoms with Crippen LogP contribution in [0.5, 0.6) is 11.5 Å². The molecule has 0 aliphatic carbocycles. The number of para-hydroxylation sites is 1. The van der Waals surface area contributed by atoms with Crippen molar-refractivity contribution < 1.29 is 17.9 Å². The number of hydrogen-bond donors (Lipinski definition) is 1. The van der Waals surface area contributed by atoms with Gasteiger partial charge in [0.25, 0.3) is 0 Å². The first-order valence-electron chi connectivity index (χ1n) is 10.4. The number of rotatable bonds is 8. The molecule has 3 aromatic carbocycles. The summed E-state index contributed by atoms with van der Waals surface area (Å²) < 4.78 is 32.2. The molecule has 0 saturated heterocycles. The molecule has 0 heterocycles. The van der Waals surface area contributed by atoms with Crippen LogP contribution in [0.3, 0.4) is 0 Å². The summed E-state index contributed by atoms with van der Waals surface area (Å²) in [7, 11) is -3.69. The Morgan fingerprint density at radius 2 is 1.56 bits per heavy atom. The molecule has 1 atom stereocenters. The molecule has 0 aromatic heterocycles. The fourth-order valence-electron chi connectivity index (χ4n) is 3.38. The van der Waals surface area contributed by atoms with Gasteiger partial charge in [-0.25, -0.2) is 8.42 Å². The highest BCUT2D eigenvalue weighted by atomic mass is 32.2. The van der Waals surface area contributed by atoms with Crippen LogP contribution in [0.4, 0.5) is 11.4 Å². The Bertz CT molecular complexity index is 1180. The van der Waals surface area contributed by atoms with Crippen molar-refractivity contribution >= 4 is 27.3 Å². The highest BCUT2D eigenvalue weighted by Crippen LogP contribution is 2.27. The highest BCUT2D eigenvalue weighted by Gasteiger charge is 2.31. The number of nitrogens with zero attached hydrogens (tertiary/aromatic N) is 1. The third-order valence-electron chi connectivity index (χ3n) is 5.18. The van der Waals surface area contributed by atoms with Crippen molar-refractivity contribution in [3.63, 3.8) is 0 Å². The zero-order valence-electron chi connectivity index (χ0n) is 18.7. The van der Waals surface area contributed by atoms with Crippen molar-refractivity contribution in [2.24, 2.45) is 0 Å². The molecule has 3 aromatic rings. The minimum atomic E-state index is -3.69. The Hall–Kier alpha value is -3.32. The minimum Gasteiger partial charge on any atom is -0.457 e. The fourth-order valence-corrected chi connectivity index (χ4v) is 4.58. The van der Waals surface area contributed by atoms with Gasteiger partial charge in [0.15, 0.2) is 0 Å². The fraction of sp³-hybridized carbons (Fsp3) is 0.240. The quantitative estimate of drug-likeness (QED) is 0.505. The van der Waals surface area contributed by atoms with Crippen LogP contribution in [-0.4, -0.2) is 26.6 Å². The van der Waals surface area contributed by atoms with Crippen LogP contribution in [0.25, 0.3) is 0 Å². The number of hydrogen-bond acceptors (Lipinski definition) is 4. The van der Waals surface area contributed by atoms with E-state index in [0.717, 1.165) is 17.4 Å². The van der Waals surface area contributed by atoms with E-state index in [1.807, 2.05) is 50.2 Å². The summed E-state index contributed by atoms with van der Waals surface area (Å²) in [5, 5.41) is 2.83. The lowest BCUT2D eigenvalue weighted by Crippen LogP contribution is -2.47. The van der Waals surface area contributed by atoms with Crippen molar-refractivity contribution in [1.29, 1.82) is 0 Å². The summed E-state index contributed by atoms with van der Waals surface area (Å²) in [5.74, 6) is 0.953. The van der Waals surface area contributed by atoms with E-state index in [-0.39, 0.29) is 0 Å². The molecule has 32 heavy (non-hydrogen) atoms. The van der Waals surface area contributed by atoms with Gasteiger partial charge in [-0.15, -0.1) is 0 Å². The monoisotopic (exact) mass is 452 g/mol. The van der Waals surface area contributed by atoms with Gasteiger partial charge in [0, 0.05) is 5.69 Å². The van der Waals surface area contributed by atoms with E-state index < -0.39 is 22.0 Å². The van der Waals surface area contributed by atoms with Gasteiger partial charge in [0.1, 0.15) is 17.5 Å². The van der Waals surface area contributed by atoms with Gasteiger partial charge in [0.2, 0.25) is 15.9 Å². The third-order valence-corrected chi connectivity index (χ3v) is 6.36. The van der Waals surface area contributed by atoms with Crippen LogP contribution in [0.2, 0.25) is 0 Å². The Kier molecular flexibility index (Phi) is 7.20. The molecule has 7 heteroatoms. The number of sulfonamides is 1. The van der Waals surface area contributed by atoms with E-state index >= 15 is 0 Å². The summed E-state index contributed by atoms with van der Waals surface area (Å²) in [5.41, 5.74) is 3.05. The molecular weight excluding hydrogens is 424 g/mol. The van der Waals surface area contributed by atoms with Gasteiger partial charge in [-0.2, -0.15) is 0 Å². The summed E-state index contributed by atoms with van der Waals surface area (Å²) in [6.45, 7) is 5.67. The average Bonchev–Trinajstić information content (AvgIpc) is 2.75. The molecule has 0 bridgehead atoms. The maximum Gasteiger partial charge on any atom is 0.248 e. The summed E-state index contributed by atoms with van der Waals surface area (Å²) >= 11 is 0. The molecule has 0 saturated carbocycles. The molecule has 6 nitrogen and oxygen atoms in total. The van der Waals surface area contributed by atoms with Gasteiger partial charge < -0.3 is 10.1 Å². The van der Waals surface area contributed by atoms with E-state index in [9.17, 15) is 13.2 Å². The number of carbonyl (C=O) groups excluding carboxylic acids is 1. The lowest BCUT2D eigenvalue weighted by atomic mass is 10.1. The van der Waals surface area contributed by atoms with Crippen molar-refractivity contribution in [2.45, 2.75) is 33.2 Å². The average molecular weight is 453 g/mol. The zero-order chi connectivity index (χ0) is 23.3. The lowest BCUT2D eigenvalue weighted by Gasteiger charge is -2.30. The van der Waals surface area contributed by atoms with E-state index in [0.29, 0.717) is 29.3 Å². The predicted molar refractivity (Wildman–Crippen MR) is 129 cm³/mol. The number of ether oxygens (including phenoxy) is 1. The number of nitrogens with one attached hydrogen (secondary N) is 1. The van der Waals surface area contributed by atoms with Gasteiger partial charge >= 0.3 is 0 Å². The summed E-state index contributed by atoms with van der Waals surface area (Å²) in [6.07, 6.45) is 1.44. The first-order chi connectivity index (χ1) is 15.2. The van der Waals surface area contributed by atoms with Gasteiger partial charge in [0.05, 0.1) is 11.9 Å². The van der Waals surface area contributed by atoms with Crippen LogP contribution in [0.15, 0.2) is 72.8 Å². The largest absolute Gasteiger partial charge is 0.457 e. The maximum absolute atomic E-state index is 13.1. The predicted octanol–water partition coefficient (Wildman–Crippen LogP) is 5.28. The van der Waals surface area contributed by atoms with Crippen LogP contribution in [-0.2, 0) is 14.8 Å². The Morgan fingerprint density at radius 1 is 0.938 bits per heavy atom. The second-order valence-corrected chi connectivity index (χ2v) is 9.54. The molecule has 1 N–H and O–H groups in total. The van der Waals surface area contributed by atoms with Gasteiger partial charge in [-0.05, 0) is 79.9 Å². The van der Waals surface area contributed by atoms with Crippen molar-refractivity contribution in [3.05, 3.63) is 83.9 Å². The lowest BCUT2D eigenvalue weighted by molar-refractivity contribution is -0.117. The van der Waals surface area contributed by atoms with E-state index in [2.05, 4.69) is 5.32 Å². The summed E-state index contributed by atoms with van der Waals surface area (Å²) in [4.78, 5) is 13.1. The zero-order valence-corrected chi connectivity index (χ0v) is 19.5. The molecule has 0 fully saturated rings. The SMILES string of the molecule is CC[C@@H](C(=O)Nc1ccc(Oc2ccccc2)cc1)N(c1ccc(C)c(C)c1)S(C)(=O)=O. The molecule has 0 spiro atoms. The highest BCUT2D eigenvalue weighted by molar-refractivity contribution is 7.92. The van der Waals surface area contributed by atoms with Gasteiger partial charge in [-0.1, -0.05) is 31.2 Å². The Balaban J connectivity index is 1.79. The van der Waals surface area contributed by atoms with E-state index in [1.165, 1.54) is 4.31 Å². The first-order valence-corrected chi connectivity index (χ1v) is 12.2. The van der Waals surface area contributed by atoms with Crippen molar-refractivity contribution in [2.75, 3.05) is 15.9 Å². The molecule has 3 rings (SSSR count).